The normalized spacial score (nSPS) is 9.94. The number of aromatic nitrogens is 1. The smallest absolute Gasteiger partial charge is 0.0467 e. The van der Waals surface area contributed by atoms with Crippen LogP contribution in [0.1, 0.15) is 19.4 Å². The summed E-state index contributed by atoms with van der Waals surface area (Å²) >= 11 is 0. The molecule has 2 aromatic carbocycles. The number of H-pyrrole nitrogens is 1. The van der Waals surface area contributed by atoms with Crippen molar-refractivity contribution in [3.63, 3.8) is 0 Å². The van der Waals surface area contributed by atoms with Crippen molar-refractivity contribution in [2.45, 2.75) is 20.8 Å². The third-order valence-corrected chi connectivity index (χ3v) is 2.97. The molecule has 1 heterocycles. The Morgan fingerprint density at radius 3 is 2.22 bits per heavy atom. The molecule has 0 bridgehead atoms. The van der Waals surface area contributed by atoms with Crippen molar-refractivity contribution in [1.29, 1.82) is 0 Å². The number of fused-ring (bicyclic) bond motifs is 1. The lowest BCUT2D eigenvalue weighted by Crippen LogP contribution is -1.81. The number of nitrogens with one attached hydrogen (secondary N) is 1. The van der Waals surface area contributed by atoms with Crippen LogP contribution in [0.25, 0.3) is 22.2 Å². The Morgan fingerprint density at radius 2 is 1.50 bits per heavy atom. The molecule has 0 aliphatic rings. The SMILES string of the molecule is CC.Cc1ccccc1-c1cc2ccccc2[nH]1. The minimum absolute atomic E-state index is 1.19. The average molecular weight is 237 g/mol. The van der Waals surface area contributed by atoms with Gasteiger partial charge in [-0.25, -0.2) is 0 Å². The van der Waals surface area contributed by atoms with Gasteiger partial charge in [0.1, 0.15) is 0 Å². The Hall–Kier alpha value is -2.02. The van der Waals surface area contributed by atoms with E-state index in [4.69, 9.17) is 0 Å². The second-order valence-corrected chi connectivity index (χ2v) is 4.09. The summed E-state index contributed by atoms with van der Waals surface area (Å²) in [6.07, 6.45) is 0. The van der Waals surface area contributed by atoms with Gasteiger partial charge < -0.3 is 4.98 Å². The fourth-order valence-electron chi connectivity index (χ4n) is 2.09. The molecule has 0 saturated heterocycles. The van der Waals surface area contributed by atoms with Gasteiger partial charge in [-0.1, -0.05) is 56.3 Å². The van der Waals surface area contributed by atoms with E-state index < -0.39 is 0 Å². The van der Waals surface area contributed by atoms with E-state index in [0.717, 1.165) is 0 Å². The van der Waals surface area contributed by atoms with Crippen LogP contribution in [0, 0.1) is 6.92 Å². The van der Waals surface area contributed by atoms with Crippen LogP contribution in [-0.4, -0.2) is 4.98 Å². The van der Waals surface area contributed by atoms with Crippen molar-refractivity contribution in [2.24, 2.45) is 0 Å². The highest BCUT2D eigenvalue weighted by Gasteiger charge is 2.04. The molecule has 1 aromatic heterocycles. The molecular weight excluding hydrogens is 218 g/mol. The van der Waals surface area contributed by atoms with E-state index >= 15 is 0 Å². The first-order valence-corrected chi connectivity index (χ1v) is 6.48. The molecule has 92 valence electrons. The van der Waals surface area contributed by atoms with E-state index in [1.807, 2.05) is 13.8 Å². The molecule has 0 aliphatic carbocycles. The zero-order chi connectivity index (χ0) is 13.0. The molecule has 1 N–H and O–H groups in total. The number of benzene rings is 2. The highest BCUT2D eigenvalue weighted by Crippen LogP contribution is 2.26. The van der Waals surface area contributed by atoms with Crippen LogP contribution in [0.4, 0.5) is 0 Å². The lowest BCUT2D eigenvalue weighted by Gasteiger charge is -2.01. The van der Waals surface area contributed by atoms with E-state index in [-0.39, 0.29) is 0 Å². The number of rotatable bonds is 1. The second kappa shape index (κ2) is 5.54. The predicted molar refractivity (Wildman–Crippen MR) is 79.8 cm³/mol. The van der Waals surface area contributed by atoms with Crippen LogP contribution in [0.15, 0.2) is 54.6 Å². The first kappa shape index (κ1) is 12.4. The minimum atomic E-state index is 1.19. The largest absolute Gasteiger partial charge is 0.355 e. The Labute approximate surface area is 108 Å². The van der Waals surface area contributed by atoms with Gasteiger partial charge in [-0.05, 0) is 24.6 Å². The van der Waals surface area contributed by atoms with E-state index in [1.54, 1.807) is 0 Å². The standard InChI is InChI=1S/C15H13N.C2H6/c1-11-6-2-4-8-13(11)15-10-12-7-3-5-9-14(12)16-15;1-2/h2-10,16H,1H3;1-2H3. The third kappa shape index (κ3) is 2.30. The summed E-state index contributed by atoms with van der Waals surface area (Å²) in [4.78, 5) is 3.45. The number of hydrogen-bond acceptors (Lipinski definition) is 0. The van der Waals surface area contributed by atoms with E-state index in [2.05, 4.69) is 66.5 Å². The number of aryl methyl sites for hydroxylation is 1. The van der Waals surface area contributed by atoms with Crippen LogP contribution in [0.2, 0.25) is 0 Å². The van der Waals surface area contributed by atoms with Gasteiger partial charge in [-0.3, -0.25) is 0 Å². The molecule has 0 spiro atoms. The van der Waals surface area contributed by atoms with Crippen LogP contribution < -0.4 is 0 Å². The molecule has 0 fully saturated rings. The highest BCUT2D eigenvalue weighted by atomic mass is 14.7. The van der Waals surface area contributed by atoms with Crippen LogP contribution in [-0.2, 0) is 0 Å². The molecule has 1 heteroatoms. The van der Waals surface area contributed by atoms with Crippen molar-refractivity contribution in [3.05, 3.63) is 60.2 Å². The lowest BCUT2D eigenvalue weighted by atomic mass is 10.1. The minimum Gasteiger partial charge on any atom is -0.355 e. The van der Waals surface area contributed by atoms with Gasteiger partial charge >= 0.3 is 0 Å². The summed E-state index contributed by atoms with van der Waals surface area (Å²) in [7, 11) is 0. The Kier molecular flexibility index (Phi) is 3.83. The average Bonchev–Trinajstić information content (AvgIpc) is 2.85. The van der Waals surface area contributed by atoms with Gasteiger partial charge in [0, 0.05) is 22.2 Å². The first-order valence-electron chi connectivity index (χ1n) is 6.48. The Bertz CT molecular complexity index is 602. The molecular formula is C17H19N. The highest BCUT2D eigenvalue weighted by molar-refractivity contribution is 5.86. The maximum atomic E-state index is 3.45. The number of aromatic amines is 1. The van der Waals surface area contributed by atoms with Crippen molar-refractivity contribution in [3.8, 4) is 11.3 Å². The molecule has 0 aliphatic heterocycles. The molecule has 3 aromatic rings. The fourth-order valence-corrected chi connectivity index (χ4v) is 2.09. The summed E-state index contributed by atoms with van der Waals surface area (Å²) < 4.78 is 0. The summed E-state index contributed by atoms with van der Waals surface area (Å²) in [5.41, 5.74) is 4.97. The summed E-state index contributed by atoms with van der Waals surface area (Å²) in [5.74, 6) is 0. The zero-order valence-corrected chi connectivity index (χ0v) is 11.2. The molecule has 0 atom stereocenters. The van der Waals surface area contributed by atoms with Crippen LogP contribution in [0.3, 0.4) is 0 Å². The zero-order valence-electron chi connectivity index (χ0n) is 11.2. The Balaban J connectivity index is 0.000000574. The summed E-state index contributed by atoms with van der Waals surface area (Å²) in [5, 5.41) is 1.26. The topological polar surface area (TPSA) is 15.8 Å². The molecule has 3 rings (SSSR count). The van der Waals surface area contributed by atoms with Gasteiger partial charge in [0.2, 0.25) is 0 Å². The predicted octanol–water partition coefficient (Wildman–Crippen LogP) is 5.17. The van der Waals surface area contributed by atoms with Gasteiger partial charge in [0.25, 0.3) is 0 Å². The third-order valence-electron chi connectivity index (χ3n) is 2.97. The van der Waals surface area contributed by atoms with Gasteiger partial charge in [0.15, 0.2) is 0 Å². The fraction of sp³-hybridized carbons (Fsp3) is 0.176. The number of hydrogen-bond donors (Lipinski definition) is 1. The van der Waals surface area contributed by atoms with Crippen molar-refractivity contribution >= 4 is 10.9 Å². The lowest BCUT2D eigenvalue weighted by molar-refractivity contribution is 1.40. The summed E-state index contributed by atoms with van der Waals surface area (Å²) in [6.45, 7) is 6.14. The first-order chi connectivity index (χ1) is 8.84. The monoisotopic (exact) mass is 237 g/mol. The summed E-state index contributed by atoms with van der Waals surface area (Å²) in [6, 6.07) is 19.0. The van der Waals surface area contributed by atoms with Gasteiger partial charge in [-0.15, -0.1) is 0 Å². The molecule has 1 nitrogen and oxygen atoms in total. The molecule has 0 radical (unpaired) electrons. The quantitative estimate of drug-likeness (QED) is 0.601. The van der Waals surface area contributed by atoms with Gasteiger partial charge in [-0.2, -0.15) is 0 Å². The van der Waals surface area contributed by atoms with Crippen LogP contribution in [0.5, 0.6) is 0 Å². The molecule has 0 unspecified atom stereocenters. The van der Waals surface area contributed by atoms with Gasteiger partial charge in [0.05, 0.1) is 0 Å². The maximum Gasteiger partial charge on any atom is 0.0467 e. The van der Waals surface area contributed by atoms with E-state index in [0.29, 0.717) is 0 Å². The Morgan fingerprint density at radius 1 is 0.833 bits per heavy atom. The molecule has 18 heavy (non-hydrogen) atoms. The maximum absolute atomic E-state index is 3.45. The van der Waals surface area contributed by atoms with E-state index in [1.165, 1.54) is 27.7 Å². The van der Waals surface area contributed by atoms with E-state index in [9.17, 15) is 0 Å². The second-order valence-electron chi connectivity index (χ2n) is 4.09. The molecule has 0 saturated carbocycles. The molecule has 0 amide bonds. The number of para-hydroxylation sites is 1. The van der Waals surface area contributed by atoms with Crippen molar-refractivity contribution in [2.75, 3.05) is 0 Å². The van der Waals surface area contributed by atoms with Crippen molar-refractivity contribution in [1.82, 2.24) is 4.98 Å². The van der Waals surface area contributed by atoms with Crippen LogP contribution >= 0.6 is 0 Å². The van der Waals surface area contributed by atoms with Crippen molar-refractivity contribution < 1.29 is 0 Å².